The maximum atomic E-state index is 11.4. The fourth-order valence-corrected chi connectivity index (χ4v) is 3.14. The van der Waals surface area contributed by atoms with Crippen LogP contribution in [0.4, 0.5) is 5.69 Å². The molecule has 0 spiro atoms. The van der Waals surface area contributed by atoms with Gasteiger partial charge in [-0.15, -0.1) is 0 Å². The first kappa shape index (κ1) is 14.4. The second-order valence-corrected chi connectivity index (χ2v) is 6.00. The van der Waals surface area contributed by atoms with Crippen molar-refractivity contribution in [3.63, 3.8) is 0 Å². The number of anilines is 1. The topological polar surface area (TPSA) is 70.6 Å². The summed E-state index contributed by atoms with van der Waals surface area (Å²) in [5.41, 5.74) is 1.85. The summed E-state index contributed by atoms with van der Waals surface area (Å²) in [6.45, 7) is 2.19. The van der Waals surface area contributed by atoms with E-state index in [1.165, 1.54) is 0 Å². The number of carbonyl (C=O) groups is 1. The molecule has 1 heterocycles. The lowest BCUT2D eigenvalue weighted by Gasteiger charge is -2.30. The number of rotatable bonds is 3. The third kappa shape index (κ3) is 3.36. The summed E-state index contributed by atoms with van der Waals surface area (Å²) in [5, 5.41) is 16.2. The van der Waals surface area contributed by atoms with Gasteiger partial charge in [-0.05, 0) is 50.3 Å². The van der Waals surface area contributed by atoms with Crippen molar-refractivity contribution < 1.29 is 14.6 Å². The first-order chi connectivity index (χ1) is 10.1. The molecule has 1 aliphatic carbocycles. The molecule has 1 aliphatic heterocycles. The number of benzene rings is 1. The number of fused-ring (bicyclic) bond motifs is 1. The van der Waals surface area contributed by atoms with Crippen LogP contribution in [0.5, 0.6) is 5.75 Å². The molecule has 3 rings (SSSR count). The Kier molecular flexibility index (Phi) is 4.12. The molecule has 21 heavy (non-hydrogen) atoms. The summed E-state index contributed by atoms with van der Waals surface area (Å²) in [7, 11) is 0. The summed E-state index contributed by atoms with van der Waals surface area (Å²) in [6.07, 6.45) is 3.72. The summed E-state index contributed by atoms with van der Waals surface area (Å²) >= 11 is 0. The van der Waals surface area contributed by atoms with Crippen molar-refractivity contribution in [2.24, 2.45) is 0 Å². The predicted octanol–water partition coefficient (Wildman–Crippen LogP) is 1.97. The van der Waals surface area contributed by atoms with Crippen LogP contribution < -0.4 is 15.4 Å². The molecule has 5 nitrogen and oxygen atoms in total. The van der Waals surface area contributed by atoms with Gasteiger partial charge in [-0.1, -0.05) is 6.07 Å². The van der Waals surface area contributed by atoms with Gasteiger partial charge in [-0.25, -0.2) is 0 Å². The van der Waals surface area contributed by atoms with Gasteiger partial charge in [0, 0.05) is 12.1 Å². The highest BCUT2D eigenvalue weighted by atomic mass is 16.5. The van der Waals surface area contributed by atoms with E-state index in [0.29, 0.717) is 6.04 Å². The number of ether oxygens (including phenoxy) is 1. The van der Waals surface area contributed by atoms with Crippen LogP contribution in [0.25, 0.3) is 0 Å². The molecule has 0 bridgehead atoms. The zero-order valence-electron chi connectivity index (χ0n) is 12.3. The minimum atomic E-state index is -0.181. The van der Waals surface area contributed by atoms with Gasteiger partial charge < -0.3 is 20.5 Å². The normalized spacial score (nSPS) is 26.5. The van der Waals surface area contributed by atoms with Gasteiger partial charge in [0.25, 0.3) is 5.91 Å². The molecule has 5 heteroatoms. The van der Waals surface area contributed by atoms with Gasteiger partial charge >= 0.3 is 0 Å². The molecule has 0 aromatic heterocycles. The van der Waals surface area contributed by atoms with Gasteiger partial charge in [0.05, 0.1) is 11.8 Å². The maximum absolute atomic E-state index is 11.4. The van der Waals surface area contributed by atoms with Crippen LogP contribution >= 0.6 is 0 Å². The Labute approximate surface area is 124 Å². The molecular weight excluding hydrogens is 268 g/mol. The lowest BCUT2D eigenvalue weighted by molar-refractivity contribution is -0.118. The maximum Gasteiger partial charge on any atom is 0.262 e. The van der Waals surface area contributed by atoms with Crippen LogP contribution in [0, 0.1) is 0 Å². The van der Waals surface area contributed by atoms with Crippen molar-refractivity contribution in [3.8, 4) is 5.75 Å². The number of carbonyl (C=O) groups excluding carboxylic acids is 1. The summed E-state index contributed by atoms with van der Waals surface area (Å²) in [4.78, 5) is 11.4. The number of hydrogen-bond donors (Lipinski definition) is 3. The number of amides is 1. The molecule has 3 atom stereocenters. The van der Waals surface area contributed by atoms with E-state index in [4.69, 9.17) is 4.74 Å². The van der Waals surface area contributed by atoms with Gasteiger partial charge in [-0.3, -0.25) is 4.79 Å². The molecule has 3 N–H and O–H groups in total. The predicted molar refractivity (Wildman–Crippen MR) is 80.4 cm³/mol. The largest absolute Gasteiger partial charge is 0.482 e. The van der Waals surface area contributed by atoms with Crippen molar-refractivity contribution in [2.75, 3.05) is 11.9 Å². The van der Waals surface area contributed by atoms with Crippen molar-refractivity contribution >= 4 is 11.6 Å². The van der Waals surface area contributed by atoms with Crippen LogP contribution in [0.1, 0.15) is 44.2 Å². The van der Waals surface area contributed by atoms with Crippen LogP contribution in [0.2, 0.25) is 0 Å². The molecule has 1 amide bonds. The SMILES string of the molecule is CC(NC1CCCC(O)C1)c1ccc2c(c1)NC(=O)CO2. The second-order valence-electron chi connectivity index (χ2n) is 6.00. The number of aliphatic hydroxyl groups excluding tert-OH is 1. The molecule has 1 fully saturated rings. The van der Waals surface area contributed by atoms with E-state index < -0.39 is 0 Å². The Balaban J connectivity index is 1.68. The fraction of sp³-hybridized carbons (Fsp3) is 0.562. The first-order valence-corrected chi connectivity index (χ1v) is 7.62. The lowest BCUT2D eigenvalue weighted by atomic mass is 9.92. The van der Waals surface area contributed by atoms with E-state index in [-0.39, 0.29) is 24.7 Å². The molecule has 1 aromatic rings. The summed E-state index contributed by atoms with van der Waals surface area (Å²) in [6, 6.07) is 6.41. The molecule has 1 aromatic carbocycles. The average Bonchev–Trinajstić information content (AvgIpc) is 2.46. The van der Waals surface area contributed by atoms with Crippen LogP contribution in [-0.4, -0.2) is 29.8 Å². The first-order valence-electron chi connectivity index (χ1n) is 7.62. The molecule has 1 saturated carbocycles. The Morgan fingerprint density at radius 2 is 2.29 bits per heavy atom. The zero-order valence-corrected chi connectivity index (χ0v) is 12.3. The molecule has 114 valence electrons. The van der Waals surface area contributed by atoms with Crippen LogP contribution in [0.15, 0.2) is 18.2 Å². The number of hydrogen-bond acceptors (Lipinski definition) is 4. The summed E-state index contributed by atoms with van der Waals surface area (Å²) < 4.78 is 5.37. The highest BCUT2D eigenvalue weighted by Crippen LogP contribution is 2.31. The van der Waals surface area contributed by atoms with Gasteiger partial charge in [-0.2, -0.15) is 0 Å². The van der Waals surface area contributed by atoms with Gasteiger partial charge in [0.15, 0.2) is 6.61 Å². The highest BCUT2D eigenvalue weighted by Gasteiger charge is 2.23. The van der Waals surface area contributed by atoms with E-state index in [1.807, 2.05) is 18.2 Å². The van der Waals surface area contributed by atoms with E-state index in [9.17, 15) is 9.90 Å². The van der Waals surface area contributed by atoms with Crippen molar-refractivity contribution in [2.45, 2.75) is 50.8 Å². The zero-order chi connectivity index (χ0) is 14.8. The Morgan fingerprint density at radius 3 is 3.10 bits per heavy atom. The van der Waals surface area contributed by atoms with E-state index in [2.05, 4.69) is 17.6 Å². The van der Waals surface area contributed by atoms with Gasteiger partial charge in [0.2, 0.25) is 0 Å². The summed E-state index contributed by atoms with van der Waals surface area (Å²) in [5.74, 6) is 0.606. The molecular formula is C16H22N2O3. The highest BCUT2D eigenvalue weighted by molar-refractivity contribution is 5.95. The molecule has 0 saturated heterocycles. The van der Waals surface area contributed by atoms with E-state index >= 15 is 0 Å². The monoisotopic (exact) mass is 290 g/mol. The van der Waals surface area contributed by atoms with E-state index in [1.54, 1.807) is 0 Å². The third-order valence-corrected chi connectivity index (χ3v) is 4.27. The molecule has 0 radical (unpaired) electrons. The lowest BCUT2D eigenvalue weighted by Crippen LogP contribution is -2.37. The van der Waals surface area contributed by atoms with Crippen LogP contribution in [0.3, 0.4) is 0 Å². The molecule has 2 aliphatic rings. The third-order valence-electron chi connectivity index (χ3n) is 4.27. The van der Waals surface area contributed by atoms with Crippen LogP contribution in [-0.2, 0) is 4.79 Å². The molecule has 3 unspecified atom stereocenters. The smallest absolute Gasteiger partial charge is 0.262 e. The standard InChI is InChI=1S/C16H22N2O3/c1-10(17-12-3-2-4-13(19)8-12)11-5-6-15-14(7-11)18-16(20)9-21-15/h5-7,10,12-13,17,19H,2-4,8-9H2,1H3,(H,18,20). The van der Waals surface area contributed by atoms with Crippen molar-refractivity contribution in [1.29, 1.82) is 0 Å². The minimum absolute atomic E-state index is 0.0834. The Bertz CT molecular complexity index is 532. The second kappa shape index (κ2) is 6.03. The van der Waals surface area contributed by atoms with Gasteiger partial charge in [0.1, 0.15) is 5.75 Å². The number of nitrogens with one attached hydrogen (secondary N) is 2. The van der Waals surface area contributed by atoms with E-state index in [0.717, 1.165) is 42.7 Å². The quantitative estimate of drug-likeness (QED) is 0.796. The minimum Gasteiger partial charge on any atom is -0.482 e. The Morgan fingerprint density at radius 1 is 1.43 bits per heavy atom. The Hall–Kier alpha value is -1.59. The van der Waals surface area contributed by atoms with Crippen molar-refractivity contribution in [1.82, 2.24) is 5.32 Å². The number of aliphatic hydroxyl groups is 1. The fourth-order valence-electron chi connectivity index (χ4n) is 3.14. The average molecular weight is 290 g/mol. The van der Waals surface area contributed by atoms with Crippen molar-refractivity contribution in [3.05, 3.63) is 23.8 Å².